The fourth-order valence-electron chi connectivity index (χ4n) is 1.04. The second kappa shape index (κ2) is 6.78. The van der Waals surface area contributed by atoms with Crippen LogP contribution in [0.15, 0.2) is 0 Å². The summed E-state index contributed by atoms with van der Waals surface area (Å²) in [5.74, 6) is -1.75. The summed E-state index contributed by atoms with van der Waals surface area (Å²) in [5.41, 5.74) is 0. The maximum absolute atomic E-state index is 11.1. The molecule has 0 aliphatic rings. The molecule has 0 saturated heterocycles. The summed E-state index contributed by atoms with van der Waals surface area (Å²) in [7, 11) is 1.38. The molecule has 7 heteroatoms. The number of hydrogen-bond donors (Lipinski definition) is 4. The van der Waals surface area contributed by atoms with Crippen molar-refractivity contribution in [3.8, 4) is 0 Å². The van der Waals surface area contributed by atoms with Crippen LogP contribution in [0.4, 0.5) is 4.79 Å². The maximum atomic E-state index is 11.1. The minimum Gasteiger partial charge on any atom is -0.480 e. The molecule has 0 heterocycles. The highest BCUT2D eigenvalue weighted by Gasteiger charge is 2.21. The number of nitrogens with one attached hydrogen (secondary N) is 3. The Morgan fingerprint density at radius 1 is 1.25 bits per heavy atom. The third-order valence-corrected chi connectivity index (χ3v) is 1.90. The van der Waals surface area contributed by atoms with E-state index in [9.17, 15) is 14.4 Å². The number of carboxylic acids is 1. The number of urea groups is 1. The average Bonchev–Trinajstić information content (AvgIpc) is 2.16. The van der Waals surface area contributed by atoms with Crippen LogP contribution in [0, 0.1) is 5.92 Å². The van der Waals surface area contributed by atoms with Crippen LogP contribution in [0.5, 0.6) is 0 Å². The molecule has 0 spiro atoms. The van der Waals surface area contributed by atoms with E-state index in [4.69, 9.17) is 5.11 Å². The number of carboxylic acid groups (broad SMARTS) is 1. The first-order valence-electron chi connectivity index (χ1n) is 4.86. The first kappa shape index (κ1) is 14.4. The van der Waals surface area contributed by atoms with Gasteiger partial charge >= 0.3 is 12.0 Å². The molecule has 0 aliphatic heterocycles. The molecule has 7 nitrogen and oxygen atoms in total. The van der Waals surface area contributed by atoms with Crippen LogP contribution in [0.1, 0.15) is 13.8 Å². The van der Waals surface area contributed by atoms with E-state index in [1.54, 1.807) is 13.8 Å². The second-order valence-corrected chi connectivity index (χ2v) is 3.57. The van der Waals surface area contributed by atoms with E-state index in [1.807, 2.05) is 5.32 Å². The highest BCUT2D eigenvalue weighted by Crippen LogP contribution is 2.00. The normalized spacial score (nSPS) is 12.0. The molecule has 92 valence electrons. The molecule has 0 aromatic carbocycles. The van der Waals surface area contributed by atoms with Gasteiger partial charge < -0.3 is 10.4 Å². The summed E-state index contributed by atoms with van der Waals surface area (Å²) in [6, 6.07) is -1.43. The molecule has 0 rings (SSSR count). The fourth-order valence-corrected chi connectivity index (χ4v) is 1.04. The Labute approximate surface area is 93.6 Å². The van der Waals surface area contributed by atoms with E-state index in [-0.39, 0.29) is 12.5 Å². The van der Waals surface area contributed by atoms with Crippen LogP contribution in [0.25, 0.3) is 0 Å². The second-order valence-electron chi connectivity index (χ2n) is 3.57. The molecule has 0 fully saturated rings. The zero-order valence-corrected chi connectivity index (χ0v) is 9.53. The van der Waals surface area contributed by atoms with Crippen molar-refractivity contribution < 1.29 is 19.5 Å². The van der Waals surface area contributed by atoms with Crippen molar-refractivity contribution in [3.63, 3.8) is 0 Å². The van der Waals surface area contributed by atoms with E-state index >= 15 is 0 Å². The Hall–Kier alpha value is -1.63. The number of amides is 3. The summed E-state index contributed by atoms with van der Waals surface area (Å²) < 4.78 is 0. The van der Waals surface area contributed by atoms with Crippen molar-refractivity contribution in [2.75, 3.05) is 13.6 Å². The van der Waals surface area contributed by atoms with Crippen LogP contribution in [-0.2, 0) is 9.59 Å². The SMILES string of the molecule is CNC(=O)NC(=O)CNC(C(=O)O)C(C)C. The number of hydrogen-bond acceptors (Lipinski definition) is 4. The molecule has 1 atom stereocenters. The van der Waals surface area contributed by atoms with Crippen LogP contribution >= 0.6 is 0 Å². The topological polar surface area (TPSA) is 108 Å². The average molecular weight is 231 g/mol. The molecule has 1 unspecified atom stereocenters. The smallest absolute Gasteiger partial charge is 0.321 e. The third kappa shape index (κ3) is 5.30. The van der Waals surface area contributed by atoms with Gasteiger partial charge in [0.15, 0.2) is 0 Å². The van der Waals surface area contributed by atoms with Crippen LogP contribution in [-0.4, -0.2) is 42.6 Å². The van der Waals surface area contributed by atoms with Gasteiger partial charge in [-0.1, -0.05) is 13.8 Å². The van der Waals surface area contributed by atoms with Gasteiger partial charge in [-0.15, -0.1) is 0 Å². The van der Waals surface area contributed by atoms with Crippen LogP contribution in [0.2, 0.25) is 0 Å². The van der Waals surface area contributed by atoms with Crippen molar-refractivity contribution >= 4 is 17.9 Å². The van der Waals surface area contributed by atoms with Gasteiger partial charge in [0.1, 0.15) is 6.04 Å². The van der Waals surface area contributed by atoms with Gasteiger partial charge in [0.05, 0.1) is 6.54 Å². The van der Waals surface area contributed by atoms with Gasteiger partial charge in [0.2, 0.25) is 5.91 Å². The zero-order valence-electron chi connectivity index (χ0n) is 9.53. The molecule has 0 aliphatic carbocycles. The Kier molecular flexibility index (Phi) is 6.09. The van der Waals surface area contributed by atoms with Gasteiger partial charge in [-0.3, -0.25) is 20.2 Å². The highest BCUT2D eigenvalue weighted by molar-refractivity contribution is 5.95. The van der Waals surface area contributed by atoms with Gasteiger partial charge in [0, 0.05) is 7.05 Å². The summed E-state index contributed by atoms with van der Waals surface area (Å²) in [6.45, 7) is 3.23. The molecule has 3 amide bonds. The molecule has 0 aromatic rings. The highest BCUT2D eigenvalue weighted by atomic mass is 16.4. The van der Waals surface area contributed by atoms with E-state index < -0.39 is 23.9 Å². The lowest BCUT2D eigenvalue weighted by Crippen LogP contribution is -2.48. The number of rotatable bonds is 5. The first-order chi connectivity index (χ1) is 7.38. The van der Waals surface area contributed by atoms with Crippen LogP contribution < -0.4 is 16.0 Å². The molecular weight excluding hydrogens is 214 g/mol. The Balaban J connectivity index is 4.07. The van der Waals surface area contributed by atoms with Crippen molar-refractivity contribution in [2.45, 2.75) is 19.9 Å². The summed E-state index contributed by atoms with van der Waals surface area (Å²) in [4.78, 5) is 32.6. The number of aliphatic carboxylic acids is 1. The number of carbonyl (C=O) groups is 3. The Morgan fingerprint density at radius 3 is 2.19 bits per heavy atom. The molecule has 4 N–H and O–H groups in total. The minimum atomic E-state index is -1.03. The lowest BCUT2D eigenvalue weighted by Gasteiger charge is -2.17. The Morgan fingerprint density at radius 2 is 1.81 bits per heavy atom. The van der Waals surface area contributed by atoms with E-state index in [1.165, 1.54) is 7.05 Å². The maximum Gasteiger partial charge on any atom is 0.321 e. The third-order valence-electron chi connectivity index (χ3n) is 1.90. The quantitative estimate of drug-likeness (QED) is 0.492. The zero-order chi connectivity index (χ0) is 12.7. The number of carbonyl (C=O) groups excluding carboxylic acids is 2. The standard InChI is InChI=1S/C9H17N3O4/c1-5(2)7(8(14)15)11-4-6(13)12-9(16)10-3/h5,7,11H,4H2,1-3H3,(H,14,15)(H2,10,12,13,16). The molecular formula is C9H17N3O4. The molecule has 0 aromatic heterocycles. The summed E-state index contributed by atoms with van der Waals surface area (Å²) >= 11 is 0. The van der Waals surface area contributed by atoms with Crippen molar-refractivity contribution in [3.05, 3.63) is 0 Å². The lowest BCUT2D eigenvalue weighted by molar-refractivity contribution is -0.140. The lowest BCUT2D eigenvalue weighted by atomic mass is 10.1. The van der Waals surface area contributed by atoms with Gasteiger partial charge in [-0.05, 0) is 5.92 Å². The predicted octanol–water partition coefficient (Wildman–Crippen LogP) is -0.859. The predicted molar refractivity (Wildman–Crippen MR) is 56.9 cm³/mol. The minimum absolute atomic E-state index is 0.148. The van der Waals surface area contributed by atoms with Gasteiger partial charge in [-0.25, -0.2) is 4.79 Å². The van der Waals surface area contributed by atoms with Crippen molar-refractivity contribution in [2.24, 2.45) is 5.92 Å². The fraction of sp³-hybridized carbons (Fsp3) is 0.667. The molecule has 0 bridgehead atoms. The largest absolute Gasteiger partial charge is 0.480 e. The van der Waals surface area contributed by atoms with E-state index in [0.29, 0.717) is 0 Å². The number of imide groups is 1. The van der Waals surface area contributed by atoms with Gasteiger partial charge in [0.25, 0.3) is 0 Å². The summed E-state index contributed by atoms with van der Waals surface area (Å²) in [6.07, 6.45) is 0. The van der Waals surface area contributed by atoms with E-state index in [0.717, 1.165) is 0 Å². The monoisotopic (exact) mass is 231 g/mol. The molecule has 16 heavy (non-hydrogen) atoms. The Bertz CT molecular complexity index is 278. The van der Waals surface area contributed by atoms with Crippen molar-refractivity contribution in [1.82, 2.24) is 16.0 Å². The van der Waals surface area contributed by atoms with Gasteiger partial charge in [-0.2, -0.15) is 0 Å². The summed E-state index contributed by atoms with van der Waals surface area (Å²) in [5, 5.41) is 15.6. The molecule has 0 radical (unpaired) electrons. The van der Waals surface area contributed by atoms with Crippen molar-refractivity contribution in [1.29, 1.82) is 0 Å². The molecule has 0 saturated carbocycles. The van der Waals surface area contributed by atoms with Crippen LogP contribution in [0.3, 0.4) is 0 Å². The first-order valence-corrected chi connectivity index (χ1v) is 4.86. The van der Waals surface area contributed by atoms with E-state index in [2.05, 4.69) is 10.6 Å².